The molecule has 258 valence electrons. The minimum atomic E-state index is -3.03. The lowest BCUT2D eigenvalue weighted by atomic mass is 9.71. The zero-order valence-electron chi connectivity index (χ0n) is 27.2. The molecule has 2 atom stereocenters. The van der Waals surface area contributed by atoms with Crippen molar-refractivity contribution >= 4 is 17.8 Å². The number of benzene rings is 1. The summed E-state index contributed by atoms with van der Waals surface area (Å²) in [4.78, 5) is 39.3. The molecule has 5 rings (SSSR count). The smallest absolute Gasteiger partial charge is 0.411 e. The van der Waals surface area contributed by atoms with Crippen LogP contribution in [-0.2, 0) is 24.6 Å². The first-order valence-corrected chi connectivity index (χ1v) is 15.8. The average Bonchev–Trinajstić information content (AvgIpc) is 3.58. The molecule has 3 heterocycles. The molecule has 1 aromatic heterocycles. The van der Waals surface area contributed by atoms with Crippen molar-refractivity contribution in [3.63, 3.8) is 0 Å². The zero-order chi connectivity index (χ0) is 34.1. The molecular formula is C32H42F4N6O5. The van der Waals surface area contributed by atoms with Gasteiger partial charge in [-0.3, -0.25) is 4.79 Å². The number of alkyl halides is 3. The molecule has 1 aliphatic carbocycles. The number of piperazine rings is 1. The molecule has 2 aromatic rings. The lowest BCUT2D eigenvalue weighted by Crippen LogP contribution is -2.61. The van der Waals surface area contributed by atoms with Gasteiger partial charge in [-0.25, -0.2) is 32.3 Å². The summed E-state index contributed by atoms with van der Waals surface area (Å²) in [6, 6.07) is 2.81. The Morgan fingerprint density at radius 2 is 1.77 bits per heavy atom. The summed E-state index contributed by atoms with van der Waals surface area (Å²) in [5, 5.41) is 9.08. The Morgan fingerprint density at radius 3 is 2.34 bits per heavy atom. The normalized spacial score (nSPS) is 20.1. The van der Waals surface area contributed by atoms with Gasteiger partial charge in [-0.2, -0.15) is 0 Å². The van der Waals surface area contributed by atoms with Gasteiger partial charge < -0.3 is 35.1 Å². The fraction of sp³-hybridized carbons (Fsp3) is 0.625. The highest BCUT2D eigenvalue weighted by molar-refractivity contribution is 5.91. The van der Waals surface area contributed by atoms with E-state index in [1.165, 1.54) is 17.0 Å². The summed E-state index contributed by atoms with van der Waals surface area (Å²) in [5.74, 6) is -1.65. The molecule has 2 saturated heterocycles. The highest BCUT2D eigenvalue weighted by Gasteiger charge is 2.60. The first kappa shape index (κ1) is 34.8. The van der Waals surface area contributed by atoms with Gasteiger partial charge in [-0.15, -0.1) is 0 Å². The topological polar surface area (TPSA) is 127 Å². The lowest BCUT2D eigenvalue weighted by Gasteiger charge is -2.44. The van der Waals surface area contributed by atoms with E-state index in [0.29, 0.717) is 39.0 Å². The van der Waals surface area contributed by atoms with Crippen LogP contribution in [0.3, 0.4) is 0 Å². The van der Waals surface area contributed by atoms with Gasteiger partial charge in [0.05, 0.1) is 35.9 Å². The third-order valence-electron chi connectivity index (χ3n) is 8.84. The van der Waals surface area contributed by atoms with Gasteiger partial charge in [0.15, 0.2) is 6.29 Å². The van der Waals surface area contributed by atoms with Crippen molar-refractivity contribution in [3.05, 3.63) is 52.2 Å². The molecular weight excluding hydrogens is 624 g/mol. The molecule has 3 aliphatic rings. The number of rotatable bonds is 10. The van der Waals surface area contributed by atoms with E-state index in [1.807, 2.05) is 0 Å². The van der Waals surface area contributed by atoms with Gasteiger partial charge in [0.2, 0.25) is 5.60 Å². The second-order valence-corrected chi connectivity index (χ2v) is 13.3. The molecule has 15 heteroatoms. The van der Waals surface area contributed by atoms with Crippen molar-refractivity contribution in [2.75, 3.05) is 51.4 Å². The molecule has 2 aliphatic heterocycles. The van der Waals surface area contributed by atoms with Gasteiger partial charge in [-0.05, 0) is 26.7 Å². The van der Waals surface area contributed by atoms with Crippen molar-refractivity contribution < 1.29 is 41.4 Å². The van der Waals surface area contributed by atoms with Crippen molar-refractivity contribution in [2.45, 2.75) is 77.4 Å². The zero-order valence-corrected chi connectivity index (χ0v) is 27.2. The predicted molar refractivity (Wildman–Crippen MR) is 163 cm³/mol. The van der Waals surface area contributed by atoms with Crippen molar-refractivity contribution in [3.8, 4) is 0 Å². The summed E-state index contributed by atoms with van der Waals surface area (Å²) < 4.78 is 74.7. The number of nitrogens with zero attached hydrogens (tertiary/aromatic N) is 3. The summed E-state index contributed by atoms with van der Waals surface area (Å²) in [6.07, 6.45) is -4.15. The van der Waals surface area contributed by atoms with E-state index in [4.69, 9.17) is 19.2 Å². The second kappa shape index (κ2) is 13.5. The van der Waals surface area contributed by atoms with E-state index >= 15 is 4.39 Å². The van der Waals surface area contributed by atoms with Gasteiger partial charge in [0, 0.05) is 37.2 Å². The van der Waals surface area contributed by atoms with E-state index in [2.05, 4.69) is 20.9 Å². The Bertz CT molecular complexity index is 1470. The minimum absolute atomic E-state index is 0.0524. The van der Waals surface area contributed by atoms with Crippen molar-refractivity contribution in [1.82, 2.24) is 25.5 Å². The number of aryl methyl sites for hydroxylation is 1. The van der Waals surface area contributed by atoms with Crippen LogP contribution in [0.4, 0.5) is 28.2 Å². The predicted octanol–water partition coefficient (Wildman–Crippen LogP) is 4.98. The standard InChI is InChI=1S/C32H42F4N6O5/c1-18(20-7-6-8-21(23(20)34)25(35)36)38-26-22(27-45-15-16-46-27)24(39-19(2)40-26)32(30(3,4)5,28(43)41-31(17-33)9-10-31)47-29(44)42-13-11-37-12-14-42/h6-8,18,25,27,37H,9-17H2,1-5H3,(H,41,43)(H,38,39,40)/t18-,32?/m1/s1. The largest absolute Gasteiger partial charge is 0.425 e. The summed E-state index contributed by atoms with van der Waals surface area (Å²) in [7, 11) is 0. The molecule has 3 fully saturated rings. The van der Waals surface area contributed by atoms with Crippen molar-refractivity contribution in [2.24, 2.45) is 5.41 Å². The van der Waals surface area contributed by atoms with Crippen LogP contribution in [0.5, 0.6) is 0 Å². The molecule has 0 radical (unpaired) electrons. The number of ether oxygens (including phenoxy) is 3. The van der Waals surface area contributed by atoms with Crippen molar-refractivity contribution in [1.29, 1.82) is 0 Å². The van der Waals surface area contributed by atoms with Crippen LogP contribution < -0.4 is 16.0 Å². The minimum Gasteiger partial charge on any atom is -0.425 e. The van der Waals surface area contributed by atoms with Crippen LogP contribution in [0, 0.1) is 18.2 Å². The Morgan fingerprint density at radius 1 is 1.13 bits per heavy atom. The Kier molecular flexibility index (Phi) is 10.00. The lowest BCUT2D eigenvalue weighted by molar-refractivity contribution is -0.160. The number of nitrogens with one attached hydrogen (secondary N) is 3. The van der Waals surface area contributed by atoms with E-state index in [9.17, 15) is 22.8 Å². The number of anilines is 1. The fourth-order valence-corrected chi connectivity index (χ4v) is 5.93. The molecule has 2 amide bonds. The van der Waals surface area contributed by atoms with Gasteiger partial charge in [0.1, 0.15) is 29.8 Å². The molecule has 0 bridgehead atoms. The van der Waals surface area contributed by atoms with Crippen LogP contribution in [0.15, 0.2) is 18.2 Å². The molecule has 1 aromatic carbocycles. The third kappa shape index (κ3) is 6.88. The fourth-order valence-electron chi connectivity index (χ4n) is 5.93. The number of hydrogen-bond acceptors (Lipinski definition) is 9. The molecule has 0 spiro atoms. The van der Waals surface area contributed by atoms with E-state index in [1.54, 1.807) is 34.6 Å². The first-order chi connectivity index (χ1) is 22.2. The quantitative estimate of drug-likeness (QED) is 0.301. The highest BCUT2D eigenvalue weighted by atomic mass is 19.3. The summed E-state index contributed by atoms with van der Waals surface area (Å²) in [5.41, 5.74) is -5.25. The monoisotopic (exact) mass is 666 g/mol. The maximum Gasteiger partial charge on any atom is 0.411 e. The molecule has 1 unspecified atom stereocenters. The van der Waals surface area contributed by atoms with Gasteiger partial charge in [0.25, 0.3) is 12.3 Å². The maximum absolute atomic E-state index is 15.3. The maximum atomic E-state index is 15.3. The highest BCUT2D eigenvalue weighted by Crippen LogP contribution is 2.49. The molecule has 1 saturated carbocycles. The van der Waals surface area contributed by atoms with E-state index < -0.39 is 65.4 Å². The number of aromatic nitrogens is 2. The number of halogens is 4. The number of hydrogen-bond donors (Lipinski definition) is 3. The van der Waals surface area contributed by atoms with Crippen LogP contribution >= 0.6 is 0 Å². The number of carbonyl (C=O) groups excluding carboxylic acids is 2. The van der Waals surface area contributed by atoms with Gasteiger partial charge >= 0.3 is 6.09 Å². The molecule has 3 N–H and O–H groups in total. The number of amides is 2. The van der Waals surface area contributed by atoms with Crippen LogP contribution in [0.1, 0.15) is 87.5 Å². The van der Waals surface area contributed by atoms with Crippen LogP contribution in [-0.4, -0.2) is 78.5 Å². The SMILES string of the molecule is Cc1nc(N[C@H](C)c2cccc(C(F)F)c2F)c(C2OCCO2)c(C(OC(=O)N2CCNCC2)(C(=O)NC2(CF)CC2)C(C)(C)C)n1. The summed E-state index contributed by atoms with van der Waals surface area (Å²) in [6.45, 7) is 9.46. The first-order valence-electron chi connectivity index (χ1n) is 15.8. The van der Waals surface area contributed by atoms with Gasteiger partial charge in [-0.1, -0.05) is 39.0 Å². The molecule has 47 heavy (non-hydrogen) atoms. The molecule has 11 nitrogen and oxygen atoms in total. The summed E-state index contributed by atoms with van der Waals surface area (Å²) >= 11 is 0. The average molecular weight is 667 g/mol. The van der Waals surface area contributed by atoms with E-state index in [0.717, 1.165) is 6.07 Å². The number of carbonyl (C=O) groups is 2. The Labute approximate surface area is 271 Å². The van der Waals surface area contributed by atoms with Crippen LogP contribution in [0.25, 0.3) is 0 Å². The van der Waals surface area contributed by atoms with E-state index in [-0.39, 0.29) is 41.7 Å². The second-order valence-electron chi connectivity index (χ2n) is 13.3. The Hall–Kier alpha value is -3.56. The van der Waals surface area contributed by atoms with Crippen LogP contribution in [0.2, 0.25) is 0 Å². The third-order valence-corrected chi connectivity index (χ3v) is 8.84. The Balaban J connectivity index is 1.70.